The molecular weight excluding hydrogens is 350 g/mol. The molecule has 0 unspecified atom stereocenters. The van der Waals surface area contributed by atoms with Crippen molar-refractivity contribution in [1.82, 2.24) is 5.32 Å². The van der Waals surface area contributed by atoms with Gasteiger partial charge in [0, 0.05) is 0 Å². The van der Waals surface area contributed by atoms with E-state index in [1.54, 1.807) is 13.2 Å². The largest absolute Gasteiger partial charge is 0.493 e. The van der Waals surface area contributed by atoms with Crippen LogP contribution in [0.4, 0.5) is 4.79 Å². The van der Waals surface area contributed by atoms with Gasteiger partial charge in [-0.1, -0.05) is 38.2 Å². The summed E-state index contributed by atoms with van der Waals surface area (Å²) in [7, 11) is 1.60. The van der Waals surface area contributed by atoms with Crippen LogP contribution in [0.25, 0.3) is 6.08 Å². The van der Waals surface area contributed by atoms with Gasteiger partial charge in [-0.2, -0.15) is 0 Å². The van der Waals surface area contributed by atoms with E-state index in [0.717, 1.165) is 29.7 Å². The molecule has 26 heavy (non-hydrogen) atoms. The number of benzene rings is 1. The van der Waals surface area contributed by atoms with E-state index in [1.807, 2.05) is 18.2 Å². The molecule has 1 saturated carbocycles. The van der Waals surface area contributed by atoms with E-state index >= 15 is 0 Å². The zero-order chi connectivity index (χ0) is 18.4. The normalized spacial score (nSPS) is 19.7. The fourth-order valence-corrected chi connectivity index (χ4v) is 4.18. The van der Waals surface area contributed by atoms with Crippen molar-refractivity contribution >= 4 is 29.0 Å². The van der Waals surface area contributed by atoms with E-state index < -0.39 is 0 Å². The molecule has 2 amide bonds. The third kappa shape index (κ3) is 5.04. The van der Waals surface area contributed by atoms with Gasteiger partial charge in [0.25, 0.3) is 11.1 Å². The Morgan fingerprint density at radius 3 is 2.69 bits per heavy atom. The van der Waals surface area contributed by atoms with Gasteiger partial charge in [0.1, 0.15) is 0 Å². The van der Waals surface area contributed by atoms with Crippen LogP contribution in [0.2, 0.25) is 0 Å². The van der Waals surface area contributed by atoms with Crippen molar-refractivity contribution in [3.63, 3.8) is 0 Å². The Kier molecular flexibility index (Phi) is 6.61. The highest BCUT2D eigenvalue weighted by molar-refractivity contribution is 8.18. The van der Waals surface area contributed by atoms with Gasteiger partial charge in [0.2, 0.25) is 0 Å². The molecule has 1 aromatic carbocycles. The van der Waals surface area contributed by atoms with E-state index in [0.29, 0.717) is 23.0 Å². The number of methoxy groups -OCH3 is 1. The Labute approximate surface area is 158 Å². The maximum Gasteiger partial charge on any atom is 0.290 e. The molecule has 3 rings (SSSR count). The second-order valence-electron chi connectivity index (χ2n) is 6.76. The fourth-order valence-electron chi connectivity index (χ4n) is 3.50. The Morgan fingerprint density at radius 1 is 1.19 bits per heavy atom. The summed E-state index contributed by atoms with van der Waals surface area (Å²) in [4.78, 5) is 23.3. The molecule has 5 nitrogen and oxygen atoms in total. The molecular formula is C20H25NO4S. The molecule has 2 fully saturated rings. The number of nitrogens with one attached hydrogen (secondary N) is 1. The number of amides is 2. The summed E-state index contributed by atoms with van der Waals surface area (Å²) in [6.07, 6.45) is 10.8. The number of hydrogen-bond donors (Lipinski definition) is 1. The predicted octanol–water partition coefficient (Wildman–Crippen LogP) is 4.76. The van der Waals surface area contributed by atoms with Crippen LogP contribution in [0.1, 0.15) is 50.5 Å². The third-order valence-corrected chi connectivity index (χ3v) is 5.68. The topological polar surface area (TPSA) is 64.6 Å². The average Bonchev–Trinajstić information content (AvgIpc) is 2.97. The summed E-state index contributed by atoms with van der Waals surface area (Å²) in [6.45, 7) is 0.681. The van der Waals surface area contributed by atoms with E-state index in [1.165, 1.54) is 38.5 Å². The van der Waals surface area contributed by atoms with Gasteiger partial charge in [-0.3, -0.25) is 14.9 Å². The van der Waals surface area contributed by atoms with Crippen LogP contribution in [0.5, 0.6) is 11.5 Å². The van der Waals surface area contributed by atoms with Gasteiger partial charge >= 0.3 is 0 Å². The molecule has 1 saturated heterocycles. The quantitative estimate of drug-likeness (QED) is 0.550. The number of imide groups is 1. The monoisotopic (exact) mass is 375 g/mol. The van der Waals surface area contributed by atoms with Crippen molar-refractivity contribution in [1.29, 1.82) is 0 Å². The summed E-state index contributed by atoms with van der Waals surface area (Å²) in [5.74, 6) is 1.84. The first-order valence-electron chi connectivity index (χ1n) is 9.21. The Morgan fingerprint density at radius 2 is 2.00 bits per heavy atom. The Bertz CT molecular complexity index is 695. The number of carbonyl (C=O) groups excluding carboxylic acids is 2. The molecule has 140 valence electrons. The van der Waals surface area contributed by atoms with Crippen molar-refractivity contribution in [3.8, 4) is 11.5 Å². The predicted molar refractivity (Wildman–Crippen MR) is 103 cm³/mol. The fraction of sp³-hybridized carbons (Fsp3) is 0.500. The average molecular weight is 375 g/mol. The minimum absolute atomic E-state index is 0.342. The first kappa shape index (κ1) is 18.8. The van der Waals surface area contributed by atoms with Crippen LogP contribution in [-0.4, -0.2) is 24.9 Å². The van der Waals surface area contributed by atoms with E-state index in [2.05, 4.69) is 5.32 Å². The Hall–Kier alpha value is -1.95. The van der Waals surface area contributed by atoms with E-state index in [4.69, 9.17) is 9.47 Å². The van der Waals surface area contributed by atoms with Gasteiger partial charge in [0.15, 0.2) is 11.5 Å². The van der Waals surface area contributed by atoms with Crippen LogP contribution in [0.15, 0.2) is 23.1 Å². The Balaban J connectivity index is 1.55. The minimum atomic E-state index is -0.359. The first-order chi connectivity index (χ1) is 12.7. The van der Waals surface area contributed by atoms with Crippen LogP contribution >= 0.6 is 11.8 Å². The van der Waals surface area contributed by atoms with Crippen LogP contribution in [-0.2, 0) is 4.79 Å². The molecule has 6 heteroatoms. The number of hydrogen-bond acceptors (Lipinski definition) is 5. The first-order valence-corrected chi connectivity index (χ1v) is 10.0. The number of carbonyl (C=O) groups is 2. The summed E-state index contributed by atoms with van der Waals surface area (Å²) in [5, 5.41) is 1.91. The van der Waals surface area contributed by atoms with Crippen molar-refractivity contribution in [2.24, 2.45) is 5.92 Å². The van der Waals surface area contributed by atoms with Gasteiger partial charge in [-0.15, -0.1) is 0 Å². The molecule has 0 atom stereocenters. The molecule has 1 heterocycles. The lowest BCUT2D eigenvalue weighted by atomic mass is 9.86. The number of thioether (sulfide) groups is 1. The summed E-state index contributed by atoms with van der Waals surface area (Å²) < 4.78 is 11.3. The van der Waals surface area contributed by atoms with Gasteiger partial charge < -0.3 is 9.47 Å². The summed E-state index contributed by atoms with van der Waals surface area (Å²) in [6, 6.07) is 5.54. The summed E-state index contributed by atoms with van der Waals surface area (Å²) >= 11 is 0.906. The second kappa shape index (κ2) is 9.12. The lowest BCUT2D eigenvalue weighted by Crippen LogP contribution is -2.17. The van der Waals surface area contributed by atoms with Crippen LogP contribution < -0.4 is 14.8 Å². The van der Waals surface area contributed by atoms with Crippen molar-refractivity contribution < 1.29 is 19.1 Å². The lowest BCUT2D eigenvalue weighted by Gasteiger charge is -2.21. The van der Waals surface area contributed by atoms with Crippen molar-refractivity contribution in [2.45, 2.75) is 44.9 Å². The highest BCUT2D eigenvalue weighted by Gasteiger charge is 2.25. The van der Waals surface area contributed by atoms with Gasteiger partial charge in [0.05, 0.1) is 18.6 Å². The van der Waals surface area contributed by atoms with Crippen molar-refractivity contribution in [2.75, 3.05) is 13.7 Å². The molecule has 0 aromatic heterocycles. The smallest absolute Gasteiger partial charge is 0.290 e. The highest BCUT2D eigenvalue weighted by Crippen LogP contribution is 2.32. The molecule has 1 N–H and O–H groups in total. The maximum atomic E-state index is 11.6. The number of rotatable bonds is 7. The zero-order valence-electron chi connectivity index (χ0n) is 15.1. The van der Waals surface area contributed by atoms with Crippen molar-refractivity contribution in [3.05, 3.63) is 28.7 Å². The standard InChI is InChI=1S/C20H25NO4S/c1-24-17-12-15(13-18-19(22)21-20(23)26-18)9-10-16(17)25-11-5-8-14-6-3-2-4-7-14/h9-10,12-14H,2-8,11H2,1H3,(H,21,22,23)/b18-13-. The van der Waals surface area contributed by atoms with Gasteiger partial charge in [-0.25, -0.2) is 0 Å². The highest BCUT2D eigenvalue weighted by atomic mass is 32.2. The van der Waals surface area contributed by atoms with Crippen LogP contribution in [0.3, 0.4) is 0 Å². The third-order valence-electron chi connectivity index (χ3n) is 4.87. The van der Waals surface area contributed by atoms with E-state index in [-0.39, 0.29) is 11.1 Å². The second-order valence-corrected chi connectivity index (χ2v) is 7.77. The number of ether oxygens (including phenoxy) is 2. The molecule has 2 aliphatic rings. The minimum Gasteiger partial charge on any atom is -0.493 e. The lowest BCUT2D eigenvalue weighted by molar-refractivity contribution is -0.115. The SMILES string of the molecule is COc1cc(/C=C2\SC(=O)NC2=O)ccc1OCCCC1CCCCC1. The molecule has 1 aliphatic carbocycles. The molecule has 1 aliphatic heterocycles. The molecule has 0 bridgehead atoms. The maximum absolute atomic E-state index is 11.6. The molecule has 0 spiro atoms. The molecule has 0 radical (unpaired) electrons. The summed E-state index contributed by atoms with van der Waals surface area (Å²) in [5.41, 5.74) is 0.795. The van der Waals surface area contributed by atoms with Crippen LogP contribution in [0, 0.1) is 5.92 Å². The molecule has 1 aromatic rings. The van der Waals surface area contributed by atoms with E-state index in [9.17, 15) is 9.59 Å². The zero-order valence-corrected chi connectivity index (χ0v) is 15.9. The van der Waals surface area contributed by atoms with Gasteiger partial charge in [-0.05, 0) is 54.3 Å².